The minimum absolute atomic E-state index is 0.00961. The Morgan fingerprint density at radius 3 is 1.50 bits per heavy atom. The normalized spacial score (nSPS) is 24.6. The zero-order valence-corrected chi connectivity index (χ0v) is 16.7. The zero-order valence-electron chi connectivity index (χ0n) is 16.7. The molecule has 4 heteroatoms. The molecule has 2 aromatic carbocycles. The number of aliphatic hydroxyl groups is 2. The first-order chi connectivity index (χ1) is 13.8. The second-order valence-electron chi connectivity index (χ2n) is 7.86. The maximum atomic E-state index is 10.3. The summed E-state index contributed by atoms with van der Waals surface area (Å²) in [5.41, 5.74) is 4.79. The van der Waals surface area contributed by atoms with Crippen molar-refractivity contribution in [3.63, 3.8) is 0 Å². The topological polar surface area (TPSA) is 58.9 Å². The van der Waals surface area contributed by atoms with Gasteiger partial charge in [-0.1, -0.05) is 38.1 Å². The second-order valence-corrected chi connectivity index (χ2v) is 7.86. The van der Waals surface area contributed by atoms with E-state index in [4.69, 9.17) is 9.47 Å². The van der Waals surface area contributed by atoms with E-state index in [2.05, 4.69) is 38.1 Å². The van der Waals surface area contributed by atoms with Crippen molar-refractivity contribution in [3.8, 4) is 11.5 Å². The summed E-state index contributed by atoms with van der Waals surface area (Å²) in [5.74, 6) is 1.75. The smallest absolute Gasteiger partial charge is 0.123 e. The first kappa shape index (κ1) is 19.3. The molecule has 4 nitrogen and oxygen atoms in total. The van der Waals surface area contributed by atoms with Gasteiger partial charge in [0.15, 0.2) is 0 Å². The third kappa shape index (κ3) is 2.90. The average molecular weight is 383 g/mol. The Hall–Kier alpha value is -2.04. The monoisotopic (exact) mass is 382 g/mol. The van der Waals surface area contributed by atoms with Crippen molar-refractivity contribution in [2.45, 2.75) is 38.5 Å². The summed E-state index contributed by atoms with van der Waals surface area (Å²) >= 11 is 0. The highest BCUT2D eigenvalue weighted by molar-refractivity contribution is 5.65. The SMILES string of the molecule is CCCOc1ccc(OCCC)c2c1[C@H]1c3ccccc3[C@@H]2[C@H](CO)[C@@H]1CO. The lowest BCUT2D eigenvalue weighted by Gasteiger charge is -2.50. The molecule has 0 fully saturated rings. The Bertz CT molecular complexity index is 763. The fourth-order valence-electron chi connectivity index (χ4n) is 5.17. The Morgan fingerprint density at radius 1 is 0.714 bits per heavy atom. The van der Waals surface area contributed by atoms with Crippen molar-refractivity contribution in [3.05, 3.63) is 58.7 Å². The van der Waals surface area contributed by atoms with E-state index in [0.29, 0.717) is 13.2 Å². The van der Waals surface area contributed by atoms with E-state index < -0.39 is 0 Å². The maximum absolute atomic E-state index is 10.3. The molecule has 0 saturated heterocycles. The van der Waals surface area contributed by atoms with Crippen LogP contribution >= 0.6 is 0 Å². The Morgan fingerprint density at radius 2 is 1.14 bits per heavy atom. The van der Waals surface area contributed by atoms with Crippen LogP contribution in [0, 0.1) is 11.8 Å². The molecule has 150 valence electrons. The van der Waals surface area contributed by atoms with Gasteiger partial charge in [-0.25, -0.2) is 0 Å². The summed E-state index contributed by atoms with van der Waals surface area (Å²) in [4.78, 5) is 0. The van der Waals surface area contributed by atoms with E-state index in [1.165, 1.54) is 11.1 Å². The minimum atomic E-state index is -0.0252. The summed E-state index contributed by atoms with van der Waals surface area (Å²) in [5, 5.41) is 20.5. The number of hydrogen-bond donors (Lipinski definition) is 2. The van der Waals surface area contributed by atoms with Gasteiger partial charge in [0, 0.05) is 36.2 Å². The zero-order chi connectivity index (χ0) is 19.7. The van der Waals surface area contributed by atoms with Gasteiger partial charge in [0.25, 0.3) is 0 Å². The molecular formula is C24H30O4. The van der Waals surface area contributed by atoms with Crippen LogP contribution in [0.1, 0.15) is 60.8 Å². The molecule has 5 rings (SSSR count). The molecule has 0 radical (unpaired) electrons. The van der Waals surface area contributed by atoms with Gasteiger partial charge in [0.1, 0.15) is 11.5 Å². The molecule has 2 aromatic rings. The van der Waals surface area contributed by atoms with E-state index in [9.17, 15) is 10.2 Å². The summed E-state index contributed by atoms with van der Waals surface area (Å²) in [7, 11) is 0. The standard InChI is InChI=1S/C24H30O4/c1-3-11-27-19-9-10-20(28-12-4-2)24-22-16-8-6-5-7-15(16)21(23(19)24)17(13-25)18(22)14-26/h5-10,17-18,21-22,25-26H,3-4,11-14H2,1-2H3/t17-,18+,21-,22+. The van der Waals surface area contributed by atoms with Gasteiger partial charge in [-0.05, 0) is 47.9 Å². The second kappa shape index (κ2) is 8.14. The van der Waals surface area contributed by atoms with Crippen LogP contribution in [0.2, 0.25) is 0 Å². The molecule has 0 aliphatic heterocycles. The van der Waals surface area contributed by atoms with E-state index in [1.807, 2.05) is 12.1 Å². The molecule has 2 N–H and O–H groups in total. The third-order valence-corrected chi connectivity index (χ3v) is 6.25. The van der Waals surface area contributed by atoms with Crippen molar-refractivity contribution in [1.82, 2.24) is 0 Å². The van der Waals surface area contributed by atoms with Crippen LogP contribution in [0.25, 0.3) is 0 Å². The van der Waals surface area contributed by atoms with Crippen molar-refractivity contribution >= 4 is 0 Å². The Balaban J connectivity index is 1.95. The fraction of sp³-hybridized carbons (Fsp3) is 0.500. The highest BCUT2D eigenvalue weighted by atomic mass is 16.5. The first-order valence-corrected chi connectivity index (χ1v) is 10.5. The quantitative estimate of drug-likeness (QED) is 0.722. The molecule has 0 saturated carbocycles. The van der Waals surface area contributed by atoms with Crippen molar-refractivity contribution in [2.24, 2.45) is 11.8 Å². The molecule has 28 heavy (non-hydrogen) atoms. The third-order valence-electron chi connectivity index (χ3n) is 6.25. The molecule has 0 aromatic heterocycles. The minimum Gasteiger partial charge on any atom is -0.493 e. The number of rotatable bonds is 8. The molecule has 0 heterocycles. The summed E-state index contributed by atoms with van der Waals surface area (Å²) in [6.45, 7) is 5.62. The summed E-state index contributed by atoms with van der Waals surface area (Å²) in [6.07, 6.45) is 1.88. The van der Waals surface area contributed by atoms with Gasteiger partial charge in [0.05, 0.1) is 13.2 Å². The van der Waals surface area contributed by atoms with Crippen LogP contribution < -0.4 is 9.47 Å². The van der Waals surface area contributed by atoms with Gasteiger partial charge >= 0.3 is 0 Å². The Kier molecular flexibility index (Phi) is 5.61. The predicted octanol–water partition coefficient (Wildman–Crippen LogP) is 4.07. The van der Waals surface area contributed by atoms with E-state index in [1.54, 1.807) is 0 Å². The number of hydrogen-bond acceptors (Lipinski definition) is 4. The average Bonchev–Trinajstić information content (AvgIpc) is 2.75. The predicted molar refractivity (Wildman–Crippen MR) is 109 cm³/mol. The van der Waals surface area contributed by atoms with E-state index >= 15 is 0 Å². The number of fused-ring (bicyclic) bond motifs is 1. The van der Waals surface area contributed by atoms with Gasteiger partial charge in [-0.15, -0.1) is 0 Å². The molecule has 3 aliphatic carbocycles. The first-order valence-electron chi connectivity index (χ1n) is 10.5. The van der Waals surface area contributed by atoms with Gasteiger partial charge in [0.2, 0.25) is 0 Å². The largest absolute Gasteiger partial charge is 0.493 e. The summed E-state index contributed by atoms with van der Waals surface area (Å²) in [6, 6.07) is 12.5. The molecule has 0 spiro atoms. The molecule has 4 atom stereocenters. The van der Waals surface area contributed by atoms with Crippen LogP contribution in [0.15, 0.2) is 36.4 Å². The number of aliphatic hydroxyl groups excluding tert-OH is 2. The summed E-state index contributed by atoms with van der Waals surface area (Å²) < 4.78 is 12.3. The van der Waals surface area contributed by atoms with Crippen LogP contribution in [0.5, 0.6) is 11.5 Å². The highest BCUT2D eigenvalue weighted by Gasteiger charge is 2.51. The molecule has 3 aliphatic rings. The Labute approximate surface area is 167 Å². The molecule has 2 bridgehead atoms. The number of benzene rings is 2. The molecular weight excluding hydrogens is 352 g/mol. The van der Waals surface area contributed by atoms with Crippen LogP contribution in [0.4, 0.5) is 0 Å². The lowest BCUT2D eigenvalue weighted by Crippen LogP contribution is -2.43. The number of ether oxygens (including phenoxy) is 2. The lowest BCUT2D eigenvalue weighted by atomic mass is 9.54. The van der Waals surface area contributed by atoms with Gasteiger partial charge in [-0.3, -0.25) is 0 Å². The van der Waals surface area contributed by atoms with Gasteiger partial charge in [-0.2, -0.15) is 0 Å². The highest BCUT2D eigenvalue weighted by Crippen LogP contribution is 2.62. The maximum Gasteiger partial charge on any atom is 0.123 e. The molecule has 0 unspecified atom stereocenters. The van der Waals surface area contributed by atoms with Crippen molar-refractivity contribution in [2.75, 3.05) is 26.4 Å². The van der Waals surface area contributed by atoms with Crippen molar-refractivity contribution in [1.29, 1.82) is 0 Å². The van der Waals surface area contributed by atoms with E-state index in [-0.39, 0.29) is 36.9 Å². The van der Waals surface area contributed by atoms with Gasteiger partial charge < -0.3 is 19.7 Å². The fourth-order valence-corrected chi connectivity index (χ4v) is 5.17. The lowest BCUT2D eigenvalue weighted by molar-refractivity contribution is 0.0783. The van der Waals surface area contributed by atoms with Crippen LogP contribution in [-0.2, 0) is 0 Å². The van der Waals surface area contributed by atoms with Crippen molar-refractivity contribution < 1.29 is 19.7 Å². The van der Waals surface area contributed by atoms with E-state index in [0.717, 1.165) is 35.5 Å². The van der Waals surface area contributed by atoms with Crippen LogP contribution in [0.3, 0.4) is 0 Å². The molecule has 0 amide bonds. The van der Waals surface area contributed by atoms with Crippen LogP contribution in [-0.4, -0.2) is 36.6 Å².